The molecular weight excluding hydrogens is 392 g/mol. The average molecular weight is 421 g/mol. The summed E-state index contributed by atoms with van der Waals surface area (Å²) in [7, 11) is 0. The third kappa shape index (κ3) is 4.20. The standard InChI is InChI=1S/C25H28N2O4/c1-2-14-31-20-12-6-8-17(15-20)23(28)21-22(18-9-7-13-26-16-18)27(25(30)24(21)29)19-10-4-3-5-11-19/h6-9,12-13,15-16,19,22,28H,2-5,10-11,14H2,1H3/b23-21-. The molecule has 1 unspecified atom stereocenters. The molecular formula is C25H28N2O4. The van der Waals surface area contributed by atoms with E-state index in [1.165, 1.54) is 0 Å². The van der Waals surface area contributed by atoms with Crippen LogP contribution in [-0.2, 0) is 9.59 Å². The fraction of sp³-hybridized carbons (Fsp3) is 0.400. The minimum absolute atomic E-state index is 0.0140. The van der Waals surface area contributed by atoms with Gasteiger partial charge in [-0.2, -0.15) is 0 Å². The van der Waals surface area contributed by atoms with E-state index in [0.717, 1.165) is 44.1 Å². The van der Waals surface area contributed by atoms with Crippen molar-refractivity contribution in [1.82, 2.24) is 9.88 Å². The molecule has 4 rings (SSSR count). The van der Waals surface area contributed by atoms with Gasteiger partial charge >= 0.3 is 0 Å². The summed E-state index contributed by atoms with van der Waals surface area (Å²) in [5, 5.41) is 11.2. The lowest BCUT2D eigenvalue weighted by Gasteiger charge is -2.35. The largest absolute Gasteiger partial charge is 0.507 e. The molecule has 1 saturated heterocycles. The summed E-state index contributed by atoms with van der Waals surface area (Å²) in [4.78, 5) is 32.2. The normalized spacial score (nSPS) is 21.5. The number of benzene rings is 1. The summed E-state index contributed by atoms with van der Waals surface area (Å²) in [6, 6.07) is 10.0. The van der Waals surface area contributed by atoms with Crippen LogP contribution in [0.1, 0.15) is 62.6 Å². The van der Waals surface area contributed by atoms with Gasteiger partial charge in [0.15, 0.2) is 0 Å². The molecule has 1 aliphatic heterocycles. The van der Waals surface area contributed by atoms with E-state index in [4.69, 9.17) is 4.74 Å². The Morgan fingerprint density at radius 1 is 1.16 bits per heavy atom. The maximum absolute atomic E-state index is 13.2. The van der Waals surface area contributed by atoms with Crippen molar-refractivity contribution in [2.45, 2.75) is 57.5 Å². The quantitative estimate of drug-likeness (QED) is 0.419. The first-order chi connectivity index (χ1) is 15.1. The maximum Gasteiger partial charge on any atom is 0.295 e. The van der Waals surface area contributed by atoms with E-state index in [2.05, 4.69) is 4.98 Å². The molecule has 2 heterocycles. The molecule has 162 valence electrons. The number of aliphatic hydroxyl groups is 1. The summed E-state index contributed by atoms with van der Waals surface area (Å²) in [5.74, 6) is -0.740. The van der Waals surface area contributed by atoms with Gasteiger partial charge < -0.3 is 14.7 Å². The molecule has 0 bridgehead atoms. The zero-order valence-corrected chi connectivity index (χ0v) is 17.8. The average Bonchev–Trinajstić information content (AvgIpc) is 3.09. The van der Waals surface area contributed by atoms with Crippen molar-refractivity contribution in [3.05, 3.63) is 65.5 Å². The molecule has 1 atom stereocenters. The van der Waals surface area contributed by atoms with E-state index >= 15 is 0 Å². The molecule has 1 amide bonds. The smallest absolute Gasteiger partial charge is 0.295 e. The van der Waals surface area contributed by atoms with Crippen LogP contribution < -0.4 is 4.74 Å². The second-order valence-corrected chi connectivity index (χ2v) is 8.16. The molecule has 31 heavy (non-hydrogen) atoms. The van der Waals surface area contributed by atoms with Gasteiger partial charge in [0.25, 0.3) is 11.7 Å². The molecule has 1 aromatic heterocycles. The van der Waals surface area contributed by atoms with Gasteiger partial charge in [-0.25, -0.2) is 0 Å². The first-order valence-corrected chi connectivity index (χ1v) is 11.0. The van der Waals surface area contributed by atoms with E-state index in [1.807, 2.05) is 19.1 Å². The summed E-state index contributed by atoms with van der Waals surface area (Å²) in [6.07, 6.45) is 9.13. The number of hydrogen-bond acceptors (Lipinski definition) is 5. The van der Waals surface area contributed by atoms with Crippen LogP contribution in [-0.4, -0.2) is 39.3 Å². The number of aliphatic hydroxyl groups excluding tert-OH is 1. The second kappa shape index (κ2) is 9.33. The monoisotopic (exact) mass is 420 g/mol. The van der Waals surface area contributed by atoms with E-state index in [1.54, 1.807) is 41.6 Å². The van der Waals surface area contributed by atoms with E-state index < -0.39 is 17.7 Å². The number of hydrogen-bond donors (Lipinski definition) is 1. The molecule has 2 aromatic rings. The van der Waals surface area contributed by atoms with Crippen molar-refractivity contribution in [3.63, 3.8) is 0 Å². The van der Waals surface area contributed by atoms with Gasteiger partial charge in [0.1, 0.15) is 11.5 Å². The van der Waals surface area contributed by atoms with Gasteiger partial charge in [0, 0.05) is 24.0 Å². The van der Waals surface area contributed by atoms with Crippen molar-refractivity contribution in [2.75, 3.05) is 6.61 Å². The predicted octanol–water partition coefficient (Wildman–Crippen LogP) is 4.62. The lowest BCUT2D eigenvalue weighted by Crippen LogP contribution is -2.40. The SMILES string of the molecule is CCCOc1cccc(/C(O)=C2/C(=O)C(=O)N(C3CCCCC3)C2c2cccnc2)c1. The number of nitrogens with zero attached hydrogens (tertiary/aromatic N) is 2. The number of likely N-dealkylation sites (tertiary alicyclic amines) is 1. The Morgan fingerprint density at radius 2 is 1.97 bits per heavy atom. The maximum atomic E-state index is 13.2. The number of ketones is 1. The lowest BCUT2D eigenvalue weighted by atomic mass is 9.91. The molecule has 1 N–H and O–H groups in total. The molecule has 6 nitrogen and oxygen atoms in total. The van der Waals surface area contributed by atoms with E-state index in [-0.39, 0.29) is 17.4 Å². The molecule has 1 aliphatic carbocycles. The molecule has 2 aliphatic rings. The number of aromatic nitrogens is 1. The fourth-order valence-electron chi connectivity index (χ4n) is 4.56. The highest BCUT2D eigenvalue weighted by Crippen LogP contribution is 2.43. The number of carbonyl (C=O) groups is 2. The lowest BCUT2D eigenvalue weighted by molar-refractivity contribution is -0.141. The van der Waals surface area contributed by atoms with Gasteiger partial charge in [0.2, 0.25) is 0 Å². The first kappa shape index (κ1) is 21.1. The minimum atomic E-state index is -0.642. The highest BCUT2D eigenvalue weighted by atomic mass is 16.5. The van der Waals surface area contributed by atoms with Crippen molar-refractivity contribution >= 4 is 17.4 Å². The summed E-state index contributed by atoms with van der Waals surface area (Å²) < 4.78 is 5.68. The van der Waals surface area contributed by atoms with Gasteiger partial charge in [-0.15, -0.1) is 0 Å². The Labute approximate surface area is 182 Å². The first-order valence-electron chi connectivity index (χ1n) is 11.0. The number of pyridine rings is 1. The molecule has 1 aromatic carbocycles. The van der Waals surface area contributed by atoms with Crippen molar-refractivity contribution < 1.29 is 19.4 Å². The number of carbonyl (C=O) groups excluding carboxylic acids is 2. The Kier molecular flexibility index (Phi) is 6.35. The molecule has 2 fully saturated rings. The van der Waals surface area contributed by atoms with Crippen molar-refractivity contribution in [2.24, 2.45) is 0 Å². The zero-order valence-electron chi connectivity index (χ0n) is 17.8. The molecule has 0 spiro atoms. The van der Waals surface area contributed by atoms with Crippen LogP contribution in [0, 0.1) is 0 Å². The van der Waals surface area contributed by atoms with Crippen molar-refractivity contribution in [1.29, 1.82) is 0 Å². The van der Waals surface area contributed by atoms with E-state index in [9.17, 15) is 14.7 Å². The molecule has 6 heteroatoms. The highest BCUT2D eigenvalue weighted by Gasteiger charge is 2.48. The van der Waals surface area contributed by atoms with Crippen LogP contribution in [0.2, 0.25) is 0 Å². The van der Waals surface area contributed by atoms with E-state index in [0.29, 0.717) is 17.9 Å². The minimum Gasteiger partial charge on any atom is -0.507 e. The van der Waals surface area contributed by atoms with Crippen LogP contribution in [0.5, 0.6) is 5.75 Å². The molecule has 0 radical (unpaired) electrons. The molecule has 1 saturated carbocycles. The third-order valence-corrected chi connectivity index (χ3v) is 6.03. The zero-order chi connectivity index (χ0) is 21.8. The van der Waals surface area contributed by atoms with Crippen LogP contribution in [0.4, 0.5) is 0 Å². The Morgan fingerprint density at radius 3 is 2.68 bits per heavy atom. The van der Waals surface area contributed by atoms with Gasteiger partial charge in [-0.3, -0.25) is 14.6 Å². The number of Topliss-reactive ketones (excluding diaryl/α,β-unsaturated/α-hetero) is 1. The predicted molar refractivity (Wildman–Crippen MR) is 117 cm³/mol. The highest BCUT2D eigenvalue weighted by molar-refractivity contribution is 6.46. The summed E-state index contributed by atoms with van der Waals surface area (Å²) in [5.41, 5.74) is 1.31. The van der Waals surface area contributed by atoms with Crippen molar-refractivity contribution in [3.8, 4) is 5.75 Å². The topological polar surface area (TPSA) is 79.7 Å². The number of amides is 1. The summed E-state index contributed by atoms with van der Waals surface area (Å²) >= 11 is 0. The van der Waals surface area contributed by atoms with Gasteiger partial charge in [-0.05, 0) is 43.0 Å². The Bertz CT molecular complexity index is 980. The third-order valence-electron chi connectivity index (χ3n) is 6.03. The summed E-state index contributed by atoms with van der Waals surface area (Å²) in [6.45, 7) is 2.58. The Hall–Kier alpha value is -3.15. The fourth-order valence-corrected chi connectivity index (χ4v) is 4.56. The van der Waals surface area contributed by atoms with Crippen LogP contribution in [0.25, 0.3) is 5.76 Å². The number of rotatable bonds is 6. The van der Waals surface area contributed by atoms with Crippen LogP contribution in [0.3, 0.4) is 0 Å². The van der Waals surface area contributed by atoms with Gasteiger partial charge in [-0.1, -0.05) is 44.4 Å². The van der Waals surface area contributed by atoms with Crippen LogP contribution >= 0.6 is 0 Å². The van der Waals surface area contributed by atoms with Crippen LogP contribution in [0.15, 0.2) is 54.4 Å². The second-order valence-electron chi connectivity index (χ2n) is 8.16. The van der Waals surface area contributed by atoms with Gasteiger partial charge in [0.05, 0.1) is 18.2 Å². The number of ether oxygens (including phenoxy) is 1. The Balaban J connectivity index is 1.80.